The van der Waals surface area contributed by atoms with E-state index in [4.69, 9.17) is 4.74 Å². The summed E-state index contributed by atoms with van der Waals surface area (Å²) in [5, 5.41) is 3.02. The number of fused-ring (bicyclic) bond motifs is 2. The molecule has 1 N–H and O–H groups in total. The van der Waals surface area contributed by atoms with Crippen LogP contribution in [0.15, 0.2) is 36.8 Å². The Morgan fingerprint density at radius 2 is 2.11 bits per heavy atom. The van der Waals surface area contributed by atoms with Gasteiger partial charge in [-0.2, -0.15) is 0 Å². The summed E-state index contributed by atoms with van der Waals surface area (Å²) in [4.78, 5) is 24.1. The first kappa shape index (κ1) is 19.1. The lowest BCUT2D eigenvalue weighted by molar-refractivity contribution is -0.174. The number of aromatic nitrogens is 3. The van der Waals surface area contributed by atoms with E-state index in [1.165, 1.54) is 0 Å². The minimum absolute atomic E-state index is 0.0247. The van der Waals surface area contributed by atoms with Crippen LogP contribution in [-0.2, 0) is 28.2 Å². The van der Waals surface area contributed by atoms with Gasteiger partial charge >= 0.3 is 0 Å². The Labute approximate surface area is 166 Å². The average molecular weight is 383 g/mol. The van der Waals surface area contributed by atoms with Crippen LogP contribution >= 0.6 is 0 Å². The molecular formula is C21H29N5O2. The molecule has 4 rings (SSSR count). The maximum absolute atomic E-state index is 12.7. The highest BCUT2D eigenvalue weighted by atomic mass is 16.5. The third-order valence-electron chi connectivity index (χ3n) is 5.61. The van der Waals surface area contributed by atoms with Gasteiger partial charge in [-0.25, -0.2) is 4.98 Å². The molecule has 0 bridgehead atoms. The molecule has 1 atom stereocenters. The van der Waals surface area contributed by atoms with Crippen LogP contribution in [0.5, 0.6) is 0 Å². The van der Waals surface area contributed by atoms with Gasteiger partial charge in [0.05, 0.1) is 12.2 Å². The molecule has 28 heavy (non-hydrogen) atoms. The first-order valence-corrected chi connectivity index (χ1v) is 10.2. The molecule has 1 fully saturated rings. The van der Waals surface area contributed by atoms with E-state index in [-0.39, 0.29) is 5.91 Å². The Hall–Kier alpha value is -2.25. The van der Waals surface area contributed by atoms with Crippen LogP contribution in [0.1, 0.15) is 38.2 Å². The number of pyridine rings is 1. The van der Waals surface area contributed by atoms with Gasteiger partial charge in [-0.3, -0.25) is 14.7 Å². The zero-order chi connectivity index (χ0) is 19.6. The number of amides is 1. The van der Waals surface area contributed by atoms with E-state index >= 15 is 0 Å². The Kier molecular flexibility index (Phi) is 5.46. The lowest BCUT2D eigenvalue weighted by atomic mass is 9.88. The number of nitrogens with zero attached hydrogens (tertiary/aromatic N) is 4. The summed E-state index contributed by atoms with van der Waals surface area (Å²) < 4.78 is 8.55. The van der Waals surface area contributed by atoms with Crippen molar-refractivity contribution in [1.29, 1.82) is 0 Å². The van der Waals surface area contributed by atoms with E-state index in [0.717, 1.165) is 44.0 Å². The number of rotatable bonds is 5. The Bertz CT molecular complexity index is 796. The topological polar surface area (TPSA) is 72.3 Å². The molecular weight excluding hydrogens is 354 g/mol. The SMILES string of the molecule is CC(C)CNC(=O)[C@@H]1Cn2ccnc2C2(CCN(Cc3ccccn3)CC2)O1. The normalized spacial score (nSPS) is 21.6. The summed E-state index contributed by atoms with van der Waals surface area (Å²) in [7, 11) is 0. The van der Waals surface area contributed by atoms with Gasteiger partial charge in [-0.15, -0.1) is 0 Å². The molecule has 0 unspecified atom stereocenters. The highest BCUT2D eigenvalue weighted by Gasteiger charge is 2.47. The van der Waals surface area contributed by atoms with Crippen molar-refractivity contribution in [1.82, 2.24) is 24.8 Å². The second-order valence-electron chi connectivity index (χ2n) is 8.24. The minimum Gasteiger partial charge on any atom is -0.354 e. The summed E-state index contributed by atoms with van der Waals surface area (Å²) in [6.45, 7) is 8.00. The Morgan fingerprint density at radius 3 is 2.82 bits per heavy atom. The zero-order valence-corrected chi connectivity index (χ0v) is 16.7. The standard InChI is InChI=1S/C21H29N5O2/c1-16(2)13-24-19(27)18-15-26-12-9-23-20(26)21(28-18)6-10-25(11-7-21)14-17-5-3-4-8-22-17/h3-5,8-9,12,16,18H,6-7,10-11,13-15H2,1-2H3,(H,24,27)/t18-/m0/s1. The maximum atomic E-state index is 12.7. The summed E-state index contributed by atoms with van der Waals surface area (Å²) in [5.41, 5.74) is 0.595. The first-order valence-electron chi connectivity index (χ1n) is 10.2. The van der Waals surface area contributed by atoms with Gasteiger partial charge in [0.15, 0.2) is 6.10 Å². The van der Waals surface area contributed by atoms with Crippen molar-refractivity contribution in [2.45, 2.75) is 51.5 Å². The van der Waals surface area contributed by atoms with Gasteiger partial charge in [0.1, 0.15) is 11.4 Å². The Balaban J connectivity index is 1.45. The van der Waals surface area contributed by atoms with Crippen LogP contribution in [0.2, 0.25) is 0 Å². The fourth-order valence-corrected chi connectivity index (χ4v) is 4.09. The Morgan fingerprint density at radius 1 is 1.29 bits per heavy atom. The smallest absolute Gasteiger partial charge is 0.251 e. The third kappa shape index (κ3) is 3.95. The number of hydrogen-bond donors (Lipinski definition) is 1. The molecule has 0 aromatic carbocycles. The van der Waals surface area contributed by atoms with Crippen molar-refractivity contribution < 1.29 is 9.53 Å². The molecule has 1 spiro atoms. The minimum atomic E-state index is -0.484. The maximum Gasteiger partial charge on any atom is 0.251 e. The number of imidazole rings is 1. The molecule has 2 aromatic heterocycles. The molecule has 4 heterocycles. The summed E-state index contributed by atoms with van der Waals surface area (Å²) >= 11 is 0. The second kappa shape index (κ2) is 8.01. The van der Waals surface area contributed by atoms with Crippen LogP contribution in [-0.4, -0.2) is 51.1 Å². The van der Waals surface area contributed by atoms with E-state index in [1.54, 1.807) is 0 Å². The molecule has 0 saturated carbocycles. The van der Waals surface area contributed by atoms with Gasteiger partial charge in [0, 0.05) is 44.8 Å². The van der Waals surface area contributed by atoms with Crippen molar-refractivity contribution in [3.8, 4) is 0 Å². The van der Waals surface area contributed by atoms with Gasteiger partial charge in [-0.05, 0) is 30.9 Å². The molecule has 0 radical (unpaired) electrons. The van der Waals surface area contributed by atoms with Gasteiger partial charge in [0.25, 0.3) is 5.91 Å². The quantitative estimate of drug-likeness (QED) is 0.854. The van der Waals surface area contributed by atoms with E-state index in [1.807, 2.05) is 30.7 Å². The number of carbonyl (C=O) groups excluding carboxylic acids is 1. The van der Waals surface area contributed by atoms with E-state index in [9.17, 15) is 4.79 Å². The number of hydrogen-bond acceptors (Lipinski definition) is 5. The summed E-state index contributed by atoms with van der Waals surface area (Å²) in [6.07, 6.45) is 6.79. The average Bonchev–Trinajstić information content (AvgIpc) is 3.18. The molecule has 1 saturated heterocycles. The lowest BCUT2D eigenvalue weighted by Gasteiger charge is -2.45. The number of nitrogens with one attached hydrogen (secondary N) is 1. The van der Waals surface area contributed by atoms with Crippen LogP contribution < -0.4 is 5.32 Å². The number of carbonyl (C=O) groups is 1. The third-order valence-corrected chi connectivity index (χ3v) is 5.61. The monoisotopic (exact) mass is 383 g/mol. The highest BCUT2D eigenvalue weighted by Crippen LogP contribution is 2.40. The van der Waals surface area contributed by atoms with E-state index in [2.05, 4.69) is 44.7 Å². The zero-order valence-electron chi connectivity index (χ0n) is 16.7. The van der Waals surface area contributed by atoms with Crippen molar-refractivity contribution in [3.63, 3.8) is 0 Å². The van der Waals surface area contributed by atoms with Crippen LogP contribution in [0.4, 0.5) is 0 Å². The van der Waals surface area contributed by atoms with Crippen molar-refractivity contribution in [2.24, 2.45) is 5.92 Å². The predicted octanol–water partition coefficient (Wildman–Crippen LogP) is 1.94. The van der Waals surface area contributed by atoms with Gasteiger partial charge in [0.2, 0.25) is 0 Å². The molecule has 2 aromatic rings. The van der Waals surface area contributed by atoms with Crippen LogP contribution in [0.3, 0.4) is 0 Å². The highest BCUT2D eigenvalue weighted by molar-refractivity contribution is 5.80. The molecule has 150 valence electrons. The molecule has 2 aliphatic rings. The number of likely N-dealkylation sites (tertiary alicyclic amines) is 1. The fourth-order valence-electron chi connectivity index (χ4n) is 4.09. The van der Waals surface area contributed by atoms with Crippen LogP contribution in [0.25, 0.3) is 0 Å². The van der Waals surface area contributed by atoms with Crippen LogP contribution in [0, 0.1) is 5.92 Å². The molecule has 1 amide bonds. The van der Waals surface area contributed by atoms with E-state index < -0.39 is 11.7 Å². The fraction of sp³-hybridized carbons (Fsp3) is 0.571. The first-order chi connectivity index (χ1) is 13.6. The molecule has 2 aliphatic heterocycles. The predicted molar refractivity (Wildman–Crippen MR) is 105 cm³/mol. The number of piperidine rings is 1. The van der Waals surface area contributed by atoms with Crippen molar-refractivity contribution in [2.75, 3.05) is 19.6 Å². The summed E-state index contributed by atoms with van der Waals surface area (Å²) in [6, 6.07) is 6.02. The van der Waals surface area contributed by atoms with Crippen molar-refractivity contribution in [3.05, 3.63) is 48.3 Å². The number of ether oxygens (including phenoxy) is 1. The lowest BCUT2D eigenvalue weighted by Crippen LogP contribution is -2.54. The summed E-state index contributed by atoms with van der Waals surface area (Å²) in [5.74, 6) is 1.35. The molecule has 7 nitrogen and oxygen atoms in total. The second-order valence-corrected chi connectivity index (χ2v) is 8.24. The van der Waals surface area contributed by atoms with Gasteiger partial charge in [-0.1, -0.05) is 19.9 Å². The largest absolute Gasteiger partial charge is 0.354 e. The molecule has 7 heteroatoms. The van der Waals surface area contributed by atoms with Crippen molar-refractivity contribution >= 4 is 5.91 Å². The van der Waals surface area contributed by atoms with E-state index in [0.29, 0.717) is 19.0 Å². The molecule has 0 aliphatic carbocycles. The van der Waals surface area contributed by atoms with Gasteiger partial charge < -0.3 is 14.6 Å².